The van der Waals surface area contributed by atoms with Crippen molar-refractivity contribution in [2.45, 2.75) is 20.4 Å². The van der Waals surface area contributed by atoms with Crippen molar-refractivity contribution < 1.29 is 14.3 Å². The Kier molecular flexibility index (Phi) is 5.85. The van der Waals surface area contributed by atoms with Gasteiger partial charge in [-0.05, 0) is 6.07 Å². The van der Waals surface area contributed by atoms with Crippen LogP contribution in [0, 0.1) is 5.92 Å². The summed E-state index contributed by atoms with van der Waals surface area (Å²) in [6, 6.07) is 7.46. The highest BCUT2D eigenvalue weighted by Gasteiger charge is 2.09. The molecule has 0 aliphatic heterocycles. The van der Waals surface area contributed by atoms with Crippen LogP contribution in [0.3, 0.4) is 0 Å². The second-order valence-corrected chi connectivity index (χ2v) is 4.46. The third-order valence-corrected chi connectivity index (χ3v) is 2.62. The van der Waals surface area contributed by atoms with Crippen molar-refractivity contribution in [3.8, 4) is 5.75 Å². The number of carbonyl (C=O) groups is 2. The number of hydrogen-bond donors (Lipinski definition) is 2. The van der Waals surface area contributed by atoms with E-state index in [4.69, 9.17) is 4.74 Å². The van der Waals surface area contributed by atoms with Gasteiger partial charge < -0.3 is 15.4 Å². The Labute approximate surface area is 113 Å². The highest BCUT2D eigenvalue weighted by molar-refractivity contribution is 5.85. The zero-order chi connectivity index (χ0) is 14.3. The zero-order valence-corrected chi connectivity index (χ0v) is 11.5. The van der Waals surface area contributed by atoms with E-state index < -0.39 is 0 Å². The quantitative estimate of drug-likeness (QED) is 0.808. The normalized spacial score (nSPS) is 10.1. The molecule has 1 rings (SSSR count). The predicted molar refractivity (Wildman–Crippen MR) is 72.7 cm³/mol. The largest absolute Gasteiger partial charge is 0.496 e. The topological polar surface area (TPSA) is 67.4 Å². The molecule has 5 heteroatoms. The van der Waals surface area contributed by atoms with Crippen molar-refractivity contribution in [1.29, 1.82) is 0 Å². The summed E-state index contributed by atoms with van der Waals surface area (Å²) >= 11 is 0. The number of benzene rings is 1. The SMILES string of the molecule is COc1ccccc1CNC(=O)CNC(=O)C(C)C. The highest BCUT2D eigenvalue weighted by atomic mass is 16.5. The second kappa shape index (κ2) is 7.41. The van der Waals surface area contributed by atoms with Gasteiger partial charge in [0.05, 0.1) is 13.7 Å². The number of amides is 2. The molecule has 0 aromatic heterocycles. The molecule has 2 N–H and O–H groups in total. The van der Waals surface area contributed by atoms with E-state index in [1.165, 1.54) is 0 Å². The Morgan fingerprint density at radius 1 is 1.21 bits per heavy atom. The van der Waals surface area contributed by atoms with E-state index in [2.05, 4.69) is 10.6 Å². The molecule has 104 valence electrons. The summed E-state index contributed by atoms with van der Waals surface area (Å²) in [6.07, 6.45) is 0. The van der Waals surface area contributed by atoms with E-state index in [1.54, 1.807) is 21.0 Å². The summed E-state index contributed by atoms with van der Waals surface area (Å²) in [7, 11) is 1.59. The van der Waals surface area contributed by atoms with Gasteiger partial charge in [-0.1, -0.05) is 32.0 Å². The van der Waals surface area contributed by atoms with Gasteiger partial charge in [-0.2, -0.15) is 0 Å². The molecule has 0 heterocycles. The number of rotatable bonds is 6. The lowest BCUT2D eigenvalue weighted by Gasteiger charge is -2.10. The van der Waals surface area contributed by atoms with Crippen molar-refractivity contribution in [3.63, 3.8) is 0 Å². The molecular weight excluding hydrogens is 244 g/mol. The maximum atomic E-state index is 11.6. The van der Waals surface area contributed by atoms with Crippen molar-refractivity contribution in [2.75, 3.05) is 13.7 Å². The van der Waals surface area contributed by atoms with Gasteiger partial charge in [0.25, 0.3) is 0 Å². The van der Waals surface area contributed by atoms with Crippen molar-refractivity contribution in [1.82, 2.24) is 10.6 Å². The molecule has 0 unspecified atom stereocenters. The van der Waals surface area contributed by atoms with E-state index in [0.717, 1.165) is 11.3 Å². The standard InChI is InChI=1S/C14H20N2O3/c1-10(2)14(18)16-9-13(17)15-8-11-6-4-5-7-12(11)19-3/h4-7,10H,8-9H2,1-3H3,(H,15,17)(H,16,18). The first-order chi connectivity index (χ1) is 9.04. The van der Waals surface area contributed by atoms with E-state index in [0.29, 0.717) is 6.54 Å². The highest BCUT2D eigenvalue weighted by Crippen LogP contribution is 2.16. The average molecular weight is 264 g/mol. The Morgan fingerprint density at radius 3 is 2.53 bits per heavy atom. The Morgan fingerprint density at radius 2 is 1.89 bits per heavy atom. The van der Waals surface area contributed by atoms with Crippen LogP contribution < -0.4 is 15.4 Å². The minimum absolute atomic E-state index is 0.00778. The number of para-hydroxylation sites is 1. The first-order valence-electron chi connectivity index (χ1n) is 6.21. The van der Waals surface area contributed by atoms with Crippen LogP contribution in [0.15, 0.2) is 24.3 Å². The van der Waals surface area contributed by atoms with Crippen LogP contribution in [0.2, 0.25) is 0 Å². The molecule has 5 nitrogen and oxygen atoms in total. The van der Waals surface area contributed by atoms with Gasteiger partial charge in [-0.25, -0.2) is 0 Å². The minimum Gasteiger partial charge on any atom is -0.496 e. The van der Waals surface area contributed by atoms with Gasteiger partial charge in [-0.3, -0.25) is 9.59 Å². The first-order valence-corrected chi connectivity index (χ1v) is 6.21. The molecule has 0 aliphatic rings. The maximum absolute atomic E-state index is 11.6. The third-order valence-electron chi connectivity index (χ3n) is 2.62. The molecule has 0 saturated carbocycles. The van der Waals surface area contributed by atoms with Gasteiger partial charge in [0.15, 0.2) is 0 Å². The summed E-state index contributed by atoms with van der Waals surface area (Å²) in [4.78, 5) is 22.9. The summed E-state index contributed by atoms with van der Waals surface area (Å²) < 4.78 is 5.19. The lowest BCUT2D eigenvalue weighted by molar-refractivity contribution is -0.127. The van der Waals surface area contributed by atoms with E-state index in [-0.39, 0.29) is 24.3 Å². The number of nitrogens with one attached hydrogen (secondary N) is 2. The maximum Gasteiger partial charge on any atom is 0.239 e. The minimum atomic E-state index is -0.222. The monoisotopic (exact) mass is 264 g/mol. The van der Waals surface area contributed by atoms with Crippen LogP contribution in [0.1, 0.15) is 19.4 Å². The molecule has 1 aromatic rings. The van der Waals surface area contributed by atoms with Crippen molar-refractivity contribution in [2.24, 2.45) is 5.92 Å². The molecule has 0 aliphatic carbocycles. The van der Waals surface area contributed by atoms with Crippen molar-refractivity contribution in [3.05, 3.63) is 29.8 Å². The Hall–Kier alpha value is -2.04. The molecule has 0 atom stereocenters. The second-order valence-electron chi connectivity index (χ2n) is 4.46. The lowest BCUT2D eigenvalue weighted by atomic mass is 10.2. The number of methoxy groups -OCH3 is 1. The third kappa shape index (κ3) is 4.99. The van der Waals surface area contributed by atoms with Crippen molar-refractivity contribution >= 4 is 11.8 Å². The van der Waals surface area contributed by atoms with Gasteiger partial charge >= 0.3 is 0 Å². The van der Waals surface area contributed by atoms with Crippen LogP contribution in [0.4, 0.5) is 0 Å². The molecule has 19 heavy (non-hydrogen) atoms. The number of hydrogen-bond acceptors (Lipinski definition) is 3. The smallest absolute Gasteiger partial charge is 0.239 e. The van der Waals surface area contributed by atoms with Crippen LogP contribution in [0.25, 0.3) is 0 Å². The summed E-state index contributed by atoms with van der Waals surface area (Å²) in [5, 5.41) is 5.30. The summed E-state index contributed by atoms with van der Waals surface area (Å²) in [6.45, 7) is 3.93. The summed E-state index contributed by atoms with van der Waals surface area (Å²) in [5.74, 6) is 0.253. The summed E-state index contributed by atoms with van der Waals surface area (Å²) in [5.41, 5.74) is 0.897. The molecule has 0 fully saturated rings. The molecule has 0 spiro atoms. The van der Waals surface area contributed by atoms with Gasteiger partial charge in [0, 0.05) is 18.0 Å². The van der Waals surface area contributed by atoms with E-state index in [1.807, 2.05) is 24.3 Å². The van der Waals surface area contributed by atoms with E-state index >= 15 is 0 Å². The fourth-order valence-corrected chi connectivity index (χ4v) is 1.48. The average Bonchev–Trinajstić information content (AvgIpc) is 2.42. The van der Waals surface area contributed by atoms with Crippen LogP contribution in [0.5, 0.6) is 5.75 Å². The van der Waals surface area contributed by atoms with E-state index in [9.17, 15) is 9.59 Å². The molecule has 0 bridgehead atoms. The number of ether oxygens (including phenoxy) is 1. The molecular formula is C14H20N2O3. The van der Waals surface area contributed by atoms with Crippen LogP contribution in [-0.4, -0.2) is 25.5 Å². The van der Waals surface area contributed by atoms with Crippen LogP contribution in [-0.2, 0) is 16.1 Å². The molecule has 1 aromatic carbocycles. The Bertz CT molecular complexity index is 444. The molecule has 2 amide bonds. The van der Waals surface area contributed by atoms with Gasteiger partial charge in [0.1, 0.15) is 5.75 Å². The molecule has 0 saturated heterocycles. The van der Waals surface area contributed by atoms with Crippen LogP contribution >= 0.6 is 0 Å². The van der Waals surface area contributed by atoms with Gasteiger partial charge in [-0.15, -0.1) is 0 Å². The molecule has 0 radical (unpaired) electrons. The van der Waals surface area contributed by atoms with Gasteiger partial charge in [0.2, 0.25) is 11.8 Å². The Balaban J connectivity index is 2.40. The predicted octanol–water partition coefficient (Wildman–Crippen LogP) is 1.08. The lowest BCUT2D eigenvalue weighted by Crippen LogP contribution is -2.38. The fraction of sp³-hybridized carbons (Fsp3) is 0.429. The first kappa shape index (κ1) is 15.0. The fourth-order valence-electron chi connectivity index (χ4n) is 1.48. The zero-order valence-electron chi connectivity index (χ0n) is 11.5. The number of carbonyl (C=O) groups excluding carboxylic acids is 2.